The number of hydrogen-bond donors (Lipinski definition) is 2. The molecule has 0 atom stereocenters. The highest BCUT2D eigenvalue weighted by Gasteiger charge is 2.19. The Morgan fingerprint density at radius 3 is 2.57 bits per heavy atom. The average Bonchev–Trinajstić information content (AvgIpc) is 3.05. The molecule has 0 bridgehead atoms. The molecule has 21 heavy (non-hydrogen) atoms. The lowest BCUT2D eigenvalue weighted by Gasteiger charge is -2.23. The van der Waals surface area contributed by atoms with E-state index in [0.717, 1.165) is 38.4 Å². The van der Waals surface area contributed by atoms with Gasteiger partial charge >= 0.3 is 0 Å². The predicted octanol–water partition coefficient (Wildman–Crippen LogP) is 1.11. The van der Waals surface area contributed by atoms with Gasteiger partial charge in [0.1, 0.15) is 0 Å². The van der Waals surface area contributed by atoms with Crippen LogP contribution in [0.3, 0.4) is 0 Å². The van der Waals surface area contributed by atoms with Gasteiger partial charge in [-0.15, -0.1) is 0 Å². The Balaban J connectivity index is 2.24. The summed E-state index contributed by atoms with van der Waals surface area (Å²) in [5.74, 6) is 1.97. The Bertz CT molecular complexity index is 435. The third-order valence-corrected chi connectivity index (χ3v) is 3.66. The van der Waals surface area contributed by atoms with Crippen molar-refractivity contribution in [3.05, 3.63) is 0 Å². The van der Waals surface area contributed by atoms with Crippen LogP contribution in [-0.4, -0.2) is 59.9 Å². The van der Waals surface area contributed by atoms with Crippen LogP contribution in [0.25, 0.3) is 0 Å². The van der Waals surface area contributed by atoms with Crippen molar-refractivity contribution in [3.63, 3.8) is 0 Å². The van der Waals surface area contributed by atoms with E-state index in [1.165, 1.54) is 12.8 Å². The van der Waals surface area contributed by atoms with Gasteiger partial charge in [0.05, 0.1) is 6.61 Å². The van der Waals surface area contributed by atoms with Crippen molar-refractivity contribution in [2.24, 2.45) is 0 Å². The Morgan fingerprint density at radius 1 is 1.19 bits per heavy atom. The molecule has 7 heteroatoms. The van der Waals surface area contributed by atoms with Gasteiger partial charge < -0.3 is 20.2 Å². The lowest BCUT2D eigenvalue weighted by molar-refractivity contribution is 0.301. The summed E-state index contributed by atoms with van der Waals surface area (Å²) in [5.41, 5.74) is 0. The zero-order chi connectivity index (χ0) is 15.1. The molecule has 0 spiro atoms. The van der Waals surface area contributed by atoms with Crippen molar-refractivity contribution in [1.29, 1.82) is 0 Å². The van der Waals surface area contributed by atoms with Crippen molar-refractivity contribution in [2.45, 2.75) is 32.6 Å². The Labute approximate surface area is 126 Å². The maximum atomic E-state index is 9.27. The maximum Gasteiger partial charge on any atom is 0.232 e. The molecule has 1 aliphatic heterocycles. The van der Waals surface area contributed by atoms with Crippen molar-refractivity contribution in [3.8, 4) is 0 Å². The SMILES string of the molecule is CCCCN(CCO)c1nc(NC)nc(N2CCCC2)n1. The largest absolute Gasteiger partial charge is 0.395 e. The zero-order valence-corrected chi connectivity index (χ0v) is 13.0. The summed E-state index contributed by atoms with van der Waals surface area (Å²) in [6, 6.07) is 0. The first-order valence-corrected chi connectivity index (χ1v) is 7.83. The third kappa shape index (κ3) is 4.17. The summed E-state index contributed by atoms with van der Waals surface area (Å²) in [6.45, 7) is 5.65. The summed E-state index contributed by atoms with van der Waals surface area (Å²) in [6.07, 6.45) is 4.53. The molecule has 0 amide bonds. The molecule has 2 heterocycles. The van der Waals surface area contributed by atoms with Crippen molar-refractivity contribution in [1.82, 2.24) is 15.0 Å². The molecular weight excluding hydrogens is 268 g/mol. The minimum absolute atomic E-state index is 0.101. The van der Waals surface area contributed by atoms with E-state index in [2.05, 4.69) is 32.1 Å². The number of aliphatic hydroxyl groups excluding tert-OH is 1. The second-order valence-corrected chi connectivity index (χ2v) is 5.27. The molecule has 0 aliphatic carbocycles. The van der Waals surface area contributed by atoms with Crippen LogP contribution < -0.4 is 15.1 Å². The van der Waals surface area contributed by atoms with Crippen LogP contribution in [0.4, 0.5) is 17.8 Å². The Morgan fingerprint density at radius 2 is 1.95 bits per heavy atom. The lowest BCUT2D eigenvalue weighted by atomic mass is 10.3. The van der Waals surface area contributed by atoms with E-state index in [-0.39, 0.29) is 6.61 Å². The molecule has 1 aromatic heterocycles. The predicted molar refractivity (Wildman–Crippen MR) is 85.0 cm³/mol. The molecule has 1 fully saturated rings. The van der Waals surface area contributed by atoms with Gasteiger partial charge in [0, 0.05) is 33.2 Å². The molecule has 0 aromatic carbocycles. The lowest BCUT2D eigenvalue weighted by Crippen LogP contribution is -2.31. The van der Waals surface area contributed by atoms with Gasteiger partial charge in [-0.05, 0) is 19.3 Å². The second kappa shape index (κ2) is 7.97. The molecule has 1 aromatic rings. The quantitative estimate of drug-likeness (QED) is 0.743. The third-order valence-electron chi connectivity index (χ3n) is 3.66. The van der Waals surface area contributed by atoms with Gasteiger partial charge in [-0.1, -0.05) is 13.3 Å². The minimum Gasteiger partial charge on any atom is -0.395 e. The summed E-state index contributed by atoms with van der Waals surface area (Å²) in [4.78, 5) is 17.8. The number of aromatic nitrogens is 3. The molecule has 2 N–H and O–H groups in total. The van der Waals surface area contributed by atoms with Gasteiger partial charge in [-0.25, -0.2) is 0 Å². The number of nitrogens with one attached hydrogen (secondary N) is 1. The molecular formula is C14H26N6O. The number of hydrogen-bond acceptors (Lipinski definition) is 7. The summed E-state index contributed by atoms with van der Waals surface area (Å²) >= 11 is 0. The standard InChI is InChI=1S/C14H26N6O/c1-3-4-7-20(10-11-21)14-17-12(15-2)16-13(18-14)19-8-5-6-9-19/h21H,3-11H2,1-2H3,(H,15,16,17,18). The van der Waals surface area contributed by atoms with E-state index in [0.29, 0.717) is 18.4 Å². The molecule has 2 rings (SSSR count). The average molecular weight is 294 g/mol. The summed E-state index contributed by atoms with van der Waals surface area (Å²) in [7, 11) is 1.81. The first-order chi connectivity index (χ1) is 10.3. The van der Waals surface area contributed by atoms with Crippen LogP contribution in [0.5, 0.6) is 0 Å². The van der Waals surface area contributed by atoms with Gasteiger partial charge in [0.2, 0.25) is 17.8 Å². The molecule has 0 unspecified atom stereocenters. The van der Waals surface area contributed by atoms with Crippen LogP contribution in [-0.2, 0) is 0 Å². The fraction of sp³-hybridized carbons (Fsp3) is 0.786. The normalized spacial score (nSPS) is 14.5. The fourth-order valence-electron chi connectivity index (χ4n) is 2.45. The summed E-state index contributed by atoms with van der Waals surface area (Å²) < 4.78 is 0. The molecule has 118 valence electrons. The summed E-state index contributed by atoms with van der Waals surface area (Å²) in [5, 5.41) is 12.3. The zero-order valence-electron chi connectivity index (χ0n) is 13.0. The minimum atomic E-state index is 0.101. The van der Waals surface area contributed by atoms with E-state index in [1.807, 2.05) is 11.9 Å². The van der Waals surface area contributed by atoms with E-state index in [1.54, 1.807) is 0 Å². The topological polar surface area (TPSA) is 77.4 Å². The number of unbranched alkanes of at least 4 members (excludes halogenated alkanes) is 1. The monoisotopic (exact) mass is 294 g/mol. The number of anilines is 3. The van der Waals surface area contributed by atoms with E-state index in [9.17, 15) is 5.11 Å². The van der Waals surface area contributed by atoms with Crippen LogP contribution in [0.15, 0.2) is 0 Å². The van der Waals surface area contributed by atoms with Crippen molar-refractivity contribution >= 4 is 17.8 Å². The fourth-order valence-corrected chi connectivity index (χ4v) is 2.45. The van der Waals surface area contributed by atoms with Gasteiger partial charge in [0.25, 0.3) is 0 Å². The number of nitrogens with zero attached hydrogens (tertiary/aromatic N) is 5. The first kappa shape index (κ1) is 15.8. The van der Waals surface area contributed by atoms with Crippen molar-refractivity contribution in [2.75, 3.05) is 55.0 Å². The van der Waals surface area contributed by atoms with Gasteiger partial charge in [-0.2, -0.15) is 15.0 Å². The molecule has 7 nitrogen and oxygen atoms in total. The highest BCUT2D eigenvalue weighted by Crippen LogP contribution is 2.20. The maximum absolute atomic E-state index is 9.27. The van der Waals surface area contributed by atoms with Crippen LogP contribution in [0, 0.1) is 0 Å². The molecule has 1 saturated heterocycles. The van der Waals surface area contributed by atoms with Gasteiger partial charge in [-0.3, -0.25) is 0 Å². The van der Waals surface area contributed by atoms with Crippen LogP contribution in [0.2, 0.25) is 0 Å². The molecule has 0 saturated carbocycles. The number of aliphatic hydroxyl groups is 1. The van der Waals surface area contributed by atoms with Gasteiger partial charge in [0.15, 0.2) is 0 Å². The molecule has 0 radical (unpaired) electrons. The second-order valence-electron chi connectivity index (χ2n) is 5.27. The highest BCUT2D eigenvalue weighted by molar-refractivity contribution is 5.45. The van der Waals surface area contributed by atoms with E-state index < -0.39 is 0 Å². The Hall–Kier alpha value is -1.63. The van der Waals surface area contributed by atoms with Crippen LogP contribution in [0.1, 0.15) is 32.6 Å². The molecule has 1 aliphatic rings. The smallest absolute Gasteiger partial charge is 0.232 e. The van der Waals surface area contributed by atoms with E-state index in [4.69, 9.17) is 0 Å². The first-order valence-electron chi connectivity index (χ1n) is 7.83. The number of rotatable bonds is 8. The highest BCUT2D eigenvalue weighted by atomic mass is 16.3. The van der Waals surface area contributed by atoms with Crippen LogP contribution >= 0.6 is 0 Å². The van der Waals surface area contributed by atoms with E-state index >= 15 is 0 Å². The van der Waals surface area contributed by atoms with Crippen molar-refractivity contribution < 1.29 is 5.11 Å². The Kier molecular flexibility index (Phi) is 5.98.